The number of aryl methyl sites for hydroxylation is 1. The first kappa shape index (κ1) is 19.3. The van der Waals surface area contributed by atoms with Gasteiger partial charge in [0.15, 0.2) is 5.78 Å². The Morgan fingerprint density at radius 3 is 2.48 bits per heavy atom. The highest BCUT2D eigenvalue weighted by Crippen LogP contribution is 2.35. The summed E-state index contributed by atoms with van der Waals surface area (Å²) in [6.45, 7) is 5.23. The molecule has 0 atom stereocenters. The van der Waals surface area contributed by atoms with Gasteiger partial charge in [-0.15, -0.1) is 0 Å². The highest BCUT2D eigenvalue weighted by molar-refractivity contribution is 6.56. The number of anilines is 1. The number of ketones is 2. The molecule has 1 aromatic carbocycles. The molecular weight excluding hydrogens is 388 g/mol. The molecule has 0 saturated carbocycles. The van der Waals surface area contributed by atoms with Gasteiger partial charge in [-0.1, -0.05) is 17.7 Å². The van der Waals surface area contributed by atoms with Gasteiger partial charge in [0.25, 0.3) is 0 Å². The lowest BCUT2D eigenvalue weighted by atomic mass is 9.87. The van der Waals surface area contributed by atoms with Gasteiger partial charge < -0.3 is 9.80 Å². The molecule has 4 rings (SSSR count). The lowest BCUT2D eigenvalue weighted by Gasteiger charge is -2.34. The molecule has 1 aliphatic heterocycles. The van der Waals surface area contributed by atoms with Crippen LogP contribution in [0.1, 0.15) is 37.7 Å². The molecule has 7 heteroatoms. The number of carbonyl (C=O) groups is 2. The molecule has 29 heavy (non-hydrogen) atoms. The zero-order chi connectivity index (χ0) is 20.7. The van der Waals surface area contributed by atoms with Crippen LogP contribution in [0.5, 0.6) is 0 Å². The highest BCUT2D eigenvalue weighted by atomic mass is 35.5. The lowest BCUT2D eigenvalue weighted by molar-refractivity contribution is 0.0994. The third-order valence-electron chi connectivity index (χ3n) is 5.39. The number of nitrogens with zero attached hydrogens (tertiary/aromatic N) is 4. The Labute approximate surface area is 174 Å². The summed E-state index contributed by atoms with van der Waals surface area (Å²) < 4.78 is 0. The Morgan fingerprint density at radius 1 is 1.07 bits per heavy atom. The normalized spacial score (nSPS) is 17.4. The summed E-state index contributed by atoms with van der Waals surface area (Å²) >= 11 is 6.31. The minimum absolute atomic E-state index is 0.0818. The van der Waals surface area contributed by atoms with E-state index in [0.29, 0.717) is 16.8 Å². The fraction of sp³-hybridized carbons (Fsp3) is 0.273. The Morgan fingerprint density at radius 2 is 1.79 bits per heavy atom. The molecule has 2 aromatic rings. The maximum Gasteiger partial charge on any atom is 0.224 e. The van der Waals surface area contributed by atoms with E-state index in [1.54, 1.807) is 31.2 Å². The molecule has 0 radical (unpaired) electrons. The van der Waals surface area contributed by atoms with Crippen molar-refractivity contribution >= 4 is 34.4 Å². The van der Waals surface area contributed by atoms with E-state index in [0.717, 1.165) is 31.9 Å². The number of halogens is 1. The predicted octanol–water partition coefficient (Wildman–Crippen LogP) is 3.04. The number of carbonyl (C=O) groups excluding carboxylic acids is 2. The Balaban J connectivity index is 1.76. The van der Waals surface area contributed by atoms with Crippen molar-refractivity contribution in [3.63, 3.8) is 0 Å². The minimum atomic E-state index is -0.471. The summed E-state index contributed by atoms with van der Waals surface area (Å²) in [5.74, 6) is -0.824. The van der Waals surface area contributed by atoms with E-state index in [1.807, 2.05) is 6.07 Å². The summed E-state index contributed by atoms with van der Waals surface area (Å²) in [5, 5.41) is 9.54. The Hall–Kier alpha value is -3.01. The van der Waals surface area contributed by atoms with Gasteiger partial charge in [0.1, 0.15) is 16.8 Å². The van der Waals surface area contributed by atoms with E-state index in [4.69, 9.17) is 11.6 Å². The van der Waals surface area contributed by atoms with Gasteiger partial charge in [-0.2, -0.15) is 5.26 Å². The second-order valence-corrected chi connectivity index (χ2v) is 7.71. The fourth-order valence-corrected chi connectivity index (χ4v) is 4.01. The molecule has 6 nitrogen and oxygen atoms in total. The van der Waals surface area contributed by atoms with Crippen LogP contribution in [0.25, 0.3) is 5.57 Å². The number of hydrogen-bond acceptors (Lipinski definition) is 6. The van der Waals surface area contributed by atoms with Crippen molar-refractivity contribution in [3.8, 4) is 6.07 Å². The fourth-order valence-electron chi connectivity index (χ4n) is 3.73. The SMILES string of the molecule is Cc1ccc2c(n1)C(=O)C(Cl)=C(c1ccc(N3CCN(C)CC3)c(C#N)c1)C2=O. The minimum Gasteiger partial charge on any atom is -0.368 e. The van der Waals surface area contributed by atoms with Crippen LogP contribution in [0, 0.1) is 18.3 Å². The van der Waals surface area contributed by atoms with Crippen LogP contribution in [0.3, 0.4) is 0 Å². The van der Waals surface area contributed by atoms with E-state index in [9.17, 15) is 14.9 Å². The van der Waals surface area contributed by atoms with Crippen molar-refractivity contribution in [2.75, 3.05) is 38.1 Å². The molecule has 0 N–H and O–H groups in total. The molecule has 146 valence electrons. The van der Waals surface area contributed by atoms with E-state index < -0.39 is 5.78 Å². The van der Waals surface area contributed by atoms with E-state index >= 15 is 0 Å². The number of rotatable bonds is 2. The third kappa shape index (κ3) is 3.33. The Kier molecular flexibility index (Phi) is 4.95. The van der Waals surface area contributed by atoms with Crippen molar-refractivity contribution in [2.24, 2.45) is 0 Å². The lowest BCUT2D eigenvalue weighted by Crippen LogP contribution is -2.44. The van der Waals surface area contributed by atoms with Gasteiger partial charge in [-0.05, 0) is 43.8 Å². The Bertz CT molecular complexity index is 1110. The van der Waals surface area contributed by atoms with Gasteiger partial charge in [0.05, 0.1) is 22.4 Å². The number of pyridine rings is 1. The van der Waals surface area contributed by atoms with E-state index in [1.165, 1.54) is 0 Å². The van der Waals surface area contributed by atoms with Gasteiger partial charge in [-0.3, -0.25) is 9.59 Å². The second-order valence-electron chi connectivity index (χ2n) is 7.33. The molecule has 2 heterocycles. The first-order chi connectivity index (χ1) is 13.9. The van der Waals surface area contributed by atoms with Crippen LogP contribution in [-0.2, 0) is 0 Å². The molecule has 2 aliphatic rings. The van der Waals surface area contributed by atoms with Crippen molar-refractivity contribution in [1.29, 1.82) is 5.26 Å². The summed E-state index contributed by atoms with van der Waals surface area (Å²) in [5.41, 5.74) is 2.83. The second kappa shape index (κ2) is 7.43. The van der Waals surface area contributed by atoms with Gasteiger partial charge >= 0.3 is 0 Å². The van der Waals surface area contributed by atoms with Gasteiger partial charge in [0, 0.05) is 31.9 Å². The molecule has 0 unspecified atom stereocenters. The van der Waals surface area contributed by atoms with Crippen LogP contribution in [0.2, 0.25) is 0 Å². The number of fused-ring (bicyclic) bond motifs is 1. The van der Waals surface area contributed by atoms with Crippen LogP contribution >= 0.6 is 11.6 Å². The monoisotopic (exact) mass is 406 g/mol. The number of Topliss-reactive ketones (excluding diaryl/α,β-unsaturated/α-hetero) is 2. The first-order valence-corrected chi connectivity index (χ1v) is 9.73. The predicted molar refractivity (Wildman–Crippen MR) is 111 cm³/mol. The quantitative estimate of drug-likeness (QED) is 0.762. The van der Waals surface area contributed by atoms with E-state index in [2.05, 4.69) is 27.9 Å². The topological polar surface area (TPSA) is 77.3 Å². The number of piperazine rings is 1. The van der Waals surface area contributed by atoms with Crippen LogP contribution in [0.4, 0.5) is 5.69 Å². The molecular formula is C22H19ClN4O2. The van der Waals surface area contributed by atoms with E-state index in [-0.39, 0.29) is 27.6 Å². The average Bonchev–Trinajstić information content (AvgIpc) is 2.72. The van der Waals surface area contributed by atoms with Crippen molar-refractivity contribution in [2.45, 2.75) is 6.92 Å². The van der Waals surface area contributed by atoms with Gasteiger partial charge in [0.2, 0.25) is 5.78 Å². The molecule has 1 fully saturated rings. The zero-order valence-corrected chi connectivity index (χ0v) is 17.0. The summed E-state index contributed by atoms with van der Waals surface area (Å²) in [4.78, 5) is 34.4. The van der Waals surface area contributed by atoms with Crippen molar-refractivity contribution in [1.82, 2.24) is 9.88 Å². The maximum absolute atomic E-state index is 13.1. The van der Waals surface area contributed by atoms with Crippen molar-refractivity contribution in [3.05, 3.63) is 63.4 Å². The number of allylic oxidation sites excluding steroid dienone is 2. The summed E-state index contributed by atoms with van der Waals surface area (Å²) in [6, 6.07) is 10.7. The number of aromatic nitrogens is 1. The van der Waals surface area contributed by atoms with Crippen molar-refractivity contribution < 1.29 is 9.59 Å². The number of nitriles is 1. The highest BCUT2D eigenvalue weighted by Gasteiger charge is 2.33. The van der Waals surface area contributed by atoms with Crippen LogP contribution < -0.4 is 4.90 Å². The van der Waals surface area contributed by atoms with Crippen LogP contribution in [0.15, 0.2) is 35.4 Å². The smallest absolute Gasteiger partial charge is 0.224 e. The molecule has 0 amide bonds. The average molecular weight is 407 g/mol. The molecule has 1 saturated heterocycles. The number of hydrogen-bond donors (Lipinski definition) is 0. The first-order valence-electron chi connectivity index (χ1n) is 9.35. The van der Waals surface area contributed by atoms with Crippen LogP contribution in [-0.4, -0.2) is 54.7 Å². The number of benzene rings is 1. The third-order valence-corrected chi connectivity index (χ3v) is 5.75. The molecule has 1 aliphatic carbocycles. The number of likely N-dealkylation sites (N-methyl/N-ethyl adjacent to an activating group) is 1. The summed E-state index contributed by atoms with van der Waals surface area (Å²) in [6.07, 6.45) is 0. The summed E-state index contributed by atoms with van der Waals surface area (Å²) in [7, 11) is 2.07. The standard InChI is InChI=1S/C22H19ClN4O2/c1-13-3-5-16-20(25-13)22(29)19(23)18(21(16)28)14-4-6-17(15(11-14)12-24)27-9-7-26(2)8-10-27/h3-6,11H,7-10H2,1-2H3. The zero-order valence-electron chi connectivity index (χ0n) is 16.2. The molecule has 0 spiro atoms. The molecule has 1 aromatic heterocycles. The maximum atomic E-state index is 13.1. The van der Waals surface area contributed by atoms with Gasteiger partial charge in [-0.25, -0.2) is 4.98 Å². The largest absolute Gasteiger partial charge is 0.368 e. The molecule has 0 bridgehead atoms.